The van der Waals surface area contributed by atoms with E-state index in [0.717, 1.165) is 4.70 Å². The van der Waals surface area contributed by atoms with Gasteiger partial charge in [-0.15, -0.1) is 11.3 Å². The summed E-state index contributed by atoms with van der Waals surface area (Å²) >= 11 is 6.66. The van der Waals surface area contributed by atoms with E-state index < -0.39 is 0 Å². The summed E-state index contributed by atoms with van der Waals surface area (Å²) in [6.07, 6.45) is 0. The lowest BCUT2D eigenvalue weighted by atomic mass is 10.7. The van der Waals surface area contributed by atoms with Crippen molar-refractivity contribution in [2.24, 2.45) is 0 Å². The van der Waals surface area contributed by atoms with Crippen LogP contribution < -0.4 is 4.06 Å². The summed E-state index contributed by atoms with van der Waals surface area (Å²) in [5, 5.41) is 2.04. The second kappa shape index (κ2) is 2.54. The molecule has 0 amide bonds. The topological polar surface area (TPSA) is 17.1 Å². The van der Waals surface area contributed by atoms with Crippen molar-refractivity contribution in [1.29, 1.82) is 0 Å². The van der Waals surface area contributed by atoms with Crippen LogP contribution in [0.25, 0.3) is 9.40 Å². The summed E-state index contributed by atoms with van der Waals surface area (Å²) in [4.78, 5) is 10.8. The molecule has 2 aromatic rings. The summed E-state index contributed by atoms with van der Waals surface area (Å²) in [5.41, 5.74) is 0. The van der Waals surface area contributed by atoms with Crippen molar-refractivity contribution in [3.05, 3.63) is 17.1 Å². The summed E-state index contributed by atoms with van der Waals surface area (Å²) in [6.45, 7) is 0. The molecule has 0 aliphatic heterocycles. The molecule has 1 nitrogen and oxygen atoms in total. The van der Waals surface area contributed by atoms with Crippen molar-refractivity contribution in [2.75, 3.05) is 0 Å². The Kier molecular flexibility index (Phi) is 1.83. The number of fused-ring (bicyclic) bond motifs is 1. The van der Waals surface area contributed by atoms with Gasteiger partial charge in [0.05, 0.1) is 12.3 Å². The van der Waals surface area contributed by atoms with Crippen LogP contribution in [-0.2, 0) is 0 Å². The Morgan fingerprint density at radius 3 is 2.90 bits per heavy atom. The van der Waals surface area contributed by atoms with Gasteiger partial charge >= 0.3 is 0 Å². The molecule has 5 heteroatoms. The Morgan fingerprint density at radius 2 is 2.20 bits per heavy atom. The van der Waals surface area contributed by atoms with Gasteiger partial charge in [0, 0.05) is 5.38 Å². The predicted molar refractivity (Wildman–Crippen MR) is 56.6 cm³/mol. The number of thiophene rings is 1. The SMILES string of the molecule is O=c1sc2csc(I)c2s1. The van der Waals surface area contributed by atoms with Crippen molar-refractivity contribution in [1.82, 2.24) is 0 Å². The number of hydrogen-bond donors (Lipinski definition) is 0. The van der Waals surface area contributed by atoms with Gasteiger partial charge in [0.1, 0.15) is 0 Å². The zero-order valence-electron chi connectivity index (χ0n) is 4.59. The molecule has 52 valence electrons. The molecule has 0 unspecified atom stereocenters. The quantitative estimate of drug-likeness (QED) is 0.684. The van der Waals surface area contributed by atoms with E-state index in [-0.39, 0.29) is 4.06 Å². The van der Waals surface area contributed by atoms with Crippen LogP contribution >= 0.6 is 56.6 Å². The van der Waals surface area contributed by atoms with Crippen LogP contribution in [0.4, 0.5) is 0 Å². The van der Waals surface area contributed by atoms with E-state index in [1.54, 1.807) is 11.3 Å². The molecule has 0 radical (unpaired) electrons. The van der Waals surface area contributed by atoms with Gasteiger partial charge in [-0.1, -0.05) is 22.7 Å². The molecule has 0 saturated heterocycles. The molecule has 0 bridgehead atoms. The highest BCUT2D eigenvalue weighted by Crippen LogP contribution is 2.31. The predicted octanol–water partition coefficient (Wildman–Crippen LogP) is 2.99. The van der Waals surface area contributed by atoms with Crippen molar-refractivity contribution in [3.63, 3.8) is 0 Å². The zero-order valence-corrected chi connectivity index (χ0v) is 9.20. The largest absolute Gasteiger partial charge is 0.288 e. The normalized spacial score (nSPS) is 10.9. The molecule has 0 atom stereocenters. The van der Waals surface area contributed by atoms with Crippen LogP contribution in [0.15, 0.2) is 10.2 Å². The Labute approximate surface area is 82.5 Å². The molecule has 0 aliphatic carbocycles. The molecule has 10 heavy (non-hydrogen) atoms. The highest BCUT2D eigenvalue weighted by Gasteiger charge is 2.04. The summed E-state index contributed by atoms with van der Waals surface area (Å²) in [7, 11) is 0. The summed E-state index contributed by atoms with van der Waals surface area (Å²) < 4.78 is 3.75. The smallest absolute Gasteiger partial charge is 0.265 e. The second-order valence-electron chi connectivity index (χ2n) is 1.66. The fraction of sp³-hybridized carbons (Fsp3) is 0. The van der Waals surface area contributed by atoms with Gasteiger partial charge in [0.2, 0.25) is 0 Å². The number of halogens is 1. The van der Waals surface area contributed by atoms with Crippen LogP contribution in [0, 0.1) is 2.88 Å². The Balaban J connectivity index is 3.03. The lowest BCUT2D eigenvalue weighted by Crippen LogP contribution is -1.73. The third kappa shape index (κ3) is 1.05. The lowest BCUT2D eigenvalue weighted by Gasteiger charge is -1.71. The fourth-order valence-corrected chi connectivity index (χ4v) is 4.86. The summed E-state index contributed by atoms with van der Waals surface area (Å²) in [6, 6.07) is 0. The van der Waals surface area contributed by atoms with Gasteiger partial charge in [-0.3, -0.25) is 4.79 Å². The standard InChI is InChI=1S/C5HIOS3/c6-4-3-2(1-8-4)9-5(7)10-3/h1H. The minimum Gasteiger partial charge on any atom is -0.265 e. The average Bonchev–Trinajstić information content (AvgIpc) is 2.35. The van der Waals surface area contributed by atoms with Gasteiger partial charge < -0.3 is 0 Å². The molecule has 2 rings (SSSR count). The minimum absolute atomic E-state index is 0.204. The fourth-order valence-electron chi connectivity index (χ4n) is 0.664. The van der Waals surface area contributed by atoms with Crippen LogP contribution in [0.3, 0.4) is 0 Å². The third-order valence-electron chi connectivity index (χ3n) is 1.05. The van der Waals surface area contributed by atoms with Crippen molar-refractivity contribution in [2.45, 2.75) is 0 Å². The maximum atomic E-state index is 10.8. The monoisotopic (exact) mass is 300 g/mol. The third-order valence-corrected chi connectivity index (χ3v) is 5.89. The molecule has 0 N–H and O–H groups in total. The minimum atomic E-state index is 0.204. The van der Waals surface area contributed by atoms with Crippen LogP contribution in [-0.4, -0.2) is 0 Å². The van der Waals surface area contributed by atoms with Gasteiger partial charge in [0.15, 0.2) is 0 Å². The lowest BCUT2D eigenvalue weighted by molar-refractivity contribution is 2.25. The van der Waals surface area contributed by atoms with E-state index in [1.807, 2.05) is 5.38 Å². The van der Waals surface area contributed by atoms with Crippen molar-refractivity contribution in [3.8, 4) is 0 Å². The van der Waals surface area contributed by atoms with Crippen LogP contribution in [0.5, 0.6) is 0 Å². The molecular formula is C5HIOS3. The van der Waals surface area contributed by atoms with Gasteiger partial charge in [-0.05, 0) is 22.6 Å². The maximum absolute atomic E-state index is 10.8. The number of hydrogen-bond acceptors (Lipinski definition) is 4. The van der Waals surface area contributed by atoms with Crippen LogP contribution in [0.1, 0.15) is 0 Å². The van der Waals surface area contributed by atoms with E-state index in [9.17, 15) is 4.79 Å². The van der Waals surface area contributed by atoms with Gasteiger partial charge in [-0.2, -0.15) is 0 Å². The molecule has 0 aliphatic rings. The van der Waals surface area contributed by atoms with E-state index in [4.69, 9.17) is 0 Å². The Morgan fingerprint density at radius 1 is 1.40 bits per heavy atom. The first-order valence-corrected chi connectivity index (χ1v) is 6.03. The van der Waals surface area contributed by atoms with E-state index in [0.29, 0.717) is 0 Å². The molecule has 0 spiro atoms. The highest BCUT2D eigenvalue weighted by molar-refractivity contribution is 14.1. The second-order valence-corrected chi connectivity index (χ2v) is 6.60. The van der Waals surface area contributed by atoms with E-state index >= 15 is 0 Å². The van der Waals surface area contributed by atoms with Gasteiger partial charge in [-0.25, -0.2) is 0 Å². The summed E-state index contributed by atoms with van der Waals surface area (Å²) in [5.74, 6) is 0. The molecule has 0 fully saturated rings. The maximum Gasteiger partial charge on any atom is 0.288 e. The first-order chi connectivity index (χ1) is 4.77. The van der Waals surface area contributed by atoms with E-state index in [2.05, 4.69) is 22.6 Å². The Hall–Kier alpha value is 0.540. The average molecular weight is 300 g/mol. The zero-order chi connectivity index (χ0) is 7.14. The van der Waals surface area contributed by atoms with Crippen molar-refractivity contribution >= 4 is 66.0 Å². The molecular weight excluding hydrogens is 299 g/mol. The molecule has 0 saturated carbocycles. The molecule has 0 aromatic carbocycles. The first-order valence-electron chi connectivity index (χ1n) is 2.44. The highest BCUT2D eigenvalue weighted by atomic mass is 127. The van der Waals surface area contributed by atoms with Crippen molar-refractivity contribution < 1.29 is 0 Å². The van der Waals surface area contributed by atoms with E-state index in [1.165, 1.54) is 30.3 Å². The van der Waals surface area contributed by atoms with Crippen LogP contribution in [0.2, 0.25) is 0 Å². The Bertz CT molecular complexity index is 410. The first kappa shape index (κ1) is 7.20. The van der Waals surface area contributed by atoms with Gasteiger partial charge in [0.25, 0.3) is 4.06 Å². The number of rotatable bonds is 0. The molecule has 2 aromatic heterocycles. The molecule has 2 heterocycles.